The number of methoxy groups -OCH3 is 1. The van der Waals surface area contributed by atoms with Crippen LogP contribution in [0.5, 0.6) is 11.5 Å². The first-order chi connectivity index (χ1) is 12.1. The maximum absolute atomic E-state index is 13.2. The monoisotopic (exact) mass is 359 g/mol. The molecule has 2 aliphatic heterocycles. The Labute approximate surface area is 148 Å². The molecular formula is C19H21NO4S. The molecule has 0 bridgehead atoms. The highest BCUT2D eigenvalue weighted by Crippen LogP contribution is 2.38. The third-order valence-corrected chi connectivity index (χ3v) is 6.88. The van der Waals surface area contributed by atoms with E-state index in [1.807, 2.05) is 24.3 Å². The summed E-state index contributed by atoms with van der Waals surface area (Å²) in [5, 5.41) is 0. The Balaban J connectivity index is 1.66. The third-order valence-electron chi connectivity index (χ3n) is 4.97. The lowest BCUT2D eigenvalue weighted by molar-refractivity contribution is 0.356. The van der Waals surface area contributed by atoms with Crippen molar-refractivity contribution in [3.8, 4) is 11.5 Å². The van der Waals surface area contributed by atoms with Gasteiger partial charge in [0.2, 0.25) is 10.0 Å². The summed E-state index contributed by atoms with van der Waals surface area (Å²) in [4.78, 5) is 0.358. The Kier molecular flexibility index (Phi) is 4.17. The largest absolute Gasteiger partial charge is 0.497 e. The quantitative estimate of drug-likeness (QED) is 0.841. The summed E-state index contributed by atoms with van der Waals surface area (Å²) in [6.07, 6.45) is 2.46. The molecule has 1 fully saturated rings. The van der Waals surface area contributed by atoms with E-state index in [0.29, 0.717) is 18.0 Å². The van der Waals surface area contributed by atoms with Gasteiger partial charge in [0.1, 0.15) is 11.5 Å². The minimum Gasteiger partial charge on any atom is -0.497 e. The molecule has 0 unspecified atom stereocenters. The zero-order valence-electron chi connectivity index (χ0n) is 14.1. The third kappa shape index (κ3) is 2.89. The van der Waals surface area contributed by atoms with Gasteiger partial charge in [-0.05, 0) is 54.3 Å². The van der Waals surface area contributed by atoms with Crippen molar-refractivity contribution >= 4 is 10.0 Å². The highest BCUT2D eigenvalue weighted by molar-refractivity contribution is 7.89. The predicted molar refractivity (Wildman–Crippen MR) is 94.5 cm³/mol. The number of nitrogens with zero attached hydrogens (tertiary/aromatic N) is 1. The van der Waals surface area contributed by atoms with E-state index in [4.69, 9.17) is 9.47 Å². The highest BCUT2D eigenvalue weighted by Gasteiger charge is 2.36. The number of benzene rings is 2. The summed E-state index contributed by atoms with van der Waals surface area (Å²) in [5.74, 6) is 1.57. The topological polar surface area (TPSA) is 55.8 Å². The molecule has 0 aromatic heterocycles. The summed E-state index contributed by atoms with van der Waals surface area (Å²) >= 11 is 0. The summed E-state index contributed by atoms with van der Waals surface area (Å²) in [7, 11) is -1.90. The van der Waals surface area contributed by atoms with Crippen LogP contribution in [-0.2, 0) is 16.4 Å². The molecule has 0 N–H and O–H groups in total. The van der Waals surface area contributed by atoms with E-state index >= 15 is 0 Å². The molecule has 2 aromatic rings. The fourth-order valence-corrected chi connectivity index (χ4v) is 5.38. The van der Waals surface area contributed by atoms with Gasteiger partial charge in [0.15, 0.2) is 0 Å². The maximum atomic E-state index is 13.2. The Bertz CT molecular complexity index is 877. The molecule has 2 heterocycles. The van der Waals surface area contributed by atoms with Crippen molar-refractivity contribution in [2.24, 2.45) is 0 Å². The molecule has 2 aliphatic rings. The zero-order valence-corrected chi connectivity index (χ0v) is 15.0. The highest BCUT2D eigenvalue weighted by atomic mass is 32.2. The number of hydrogen-bond acceptors (Lipinski definition) is 4. The van der Waals surface area contributed by atoms with Crippen molar-refractivity contribution in [2.45, 2.75) is 30.2 Å². The Morgan fingerprint density at radius 3 is 2.72 bits per heavy atom. The molecule has 0 spiro atoms. The van der Waals surface area contributed by atoms with Gasteiger partial charge in [-0.15, -0.1) is 0 Å². The van der Waals surface area contributed by atoms with Gasteiger partial charge < -0.3 is 9.47 Å². The number of rotatable bonds is 4. The second kappa shape index (κ2) is 6.35. The van der Waals surface area contributed by atoms with E-state index in [-0.39, 0.29) is 6.04 Å². The molecule has 1 atom stereocenters. The SMILES string of the molecule is COc1ccc([C@H]2CCCN2S(=O)(=O)c2ccc3c(c2)CCO3)cc1. The standard InChI is InChI=1S/C19H21NO4S/c1-23-16-6-4-14(5-7-16)18-3-2-11-20(18)25(21,22)17-8-9-19-15(13-17)10-12-24-19/h4-9,13,18H,2-3,10-12H2,1H3/t18-/m1/s1. The van der Waals surface area contributed by atoms with Gasteiger partial charge in [-0.1, -0.05) is 12.1 Å². The van der Waals surface area contributed by atoms with Crippen LogP contribution in [-0.4, -0.2) is 33.0 Å². The molecule has 2 aromatic carbocycles. The minimum atomic E-state index is -3.53. The number of ether oxygens (including phenoxy) is 2. The van der Waals surface area contributed by atoms with Gasteiger partial charge in [0.05, 0.1) is 24.7 Å². The van der Waals surface area contributed by atoms with Crippen LogP contribution in [0, 0.1) is 0 Å². The van der Waals surface area contributed by atoms with Gasteiger partial charge in [0, 0.05) is 13.0 Å². The fraction of sp³-hybridized carbons (Fsp3) is 0.368. The average Bonchev–Trinajstić information content (AvgIpc) is 3.30. The van der Waals surface area contributed by atoms with Gasteiger partial charge in [0.25, 0.3) is 0 Å². The Morgan fingerprint density at radius 2 is 1.96 bits per heavy atom. The lowest BCUT2D eigenvalue weighted by Gasteiger charge is -2.25. The molecule has 0 amide bonds. The van der Waals surface area contributed by atoms with Gasteiger partial charge in [-0.2, -0.15) is 4.31 Å². The van der Waals surface area contributed by atoms with Crippen LogP contribution >= 0.6 is 0 Å². The second-order valence-corrected chi connectivity index (χ2v) is 8.31. The predicted octanol–water partition coefficient (Wildman–Crippen LogP) is 3.16. The second-order valence-electron chi connectivity index (χ2n) is 6.41. The molecule has 6 heteroatoms. The van der Waals surface area contributed by atoms with E-state index in [0.717, 1.165) is 41.9 Å². The Hall–Kier alpha value is -2.05. The first-order valence-corrected chi connectivity index (χ1v) is 9.95. The van der Waals surface area contributed by atoms with Crippen LogP contribution in [0.2, 0.25) is 0 Å². The van der Waals surface area contributed by atoms with Gasteiger partial charge in [-0.25, -0.2) is 8.42 Å². The minimum absolute atomic E-state index is 0.125. The maximum Gasteiger partial charge on any atom is 0.243 e. The van der Waals surface area contributed by atoms with Crippen molar-refractivity contribution in [3.05, 3.63) is 53.6 Å². The average molecular weight is 359 g/mol. The molecular weight excluding hydrogens is 338 g/mol. The van der Waals surface area contributed by atoms with E-state index in [1.54, 1.807) is 29.6 Å². The molecule has 4 rings (SSSR count). The molecule has 0 radical (unpaired) electrons. The van der Waals surface area contributed by atoms with Crippen molar-refractivity contribution in [1.82, 2.24) is 4.31 Å². The van der Waals surface area contributed by atoms with Crippen molar-refractivity contribution < 1.29 is 17.9 Å². The van der Waals surface area contributed by atoms with Gasteiger partial charge in [-0.3, -0.25) is 0 Å². The summed E-state index contributed by atoms with van der Waals surface area (Å²) in [6, 6.07) is 12.7. The lowest BCUT2D eigenvalue weighted by atomic mass is 10.1. The smallest absolute Gasteiger partial charge is 0.243 e. The normalized spacial score (nSPS) is 20.3. The molecule has 25 heavy (non-hydrogen) atoms. The van der Waals surface area contributed by atoms with Crippen LogP contribution < -0.4 is 9.47 Å². The van der Waals surface area contributed by atoms with Crippen molar-refractivity contribution in [2.75, 3.05) is 20.3 Å². The van der Waals surface area contributed by atoms with E-state index in [2.05, 4.69) is 0 Å². The fourth-order valence-electron chi connectivity index (χ4n) is 3.65. The zero-order chi connectivity index (χ0) is 17.4. The number of hydrogen-bond donors (Lipinski definition) is 0. The van der Waals surface area contributed by atoms with Crippen LogP contribution in [0.3, 0.4) is 0 Å². The van der Waals surface area contributed by atoms with Crippen LogP contribution in [0.15, 0.2) is 47.4 Å². The number of sulfonamides is 1. The number of fused-ring (bicyclic) bond motifs is 1. The van der Waals surface area contributed by atoms with E-state index < -0.39 is 10.0 Å². The Morgan fingerprint density at radius 1 is 1.16 bits per heavy atom. The van der Waals surface area contributed by atoms with E-state index in [1.165, 1.54) is 0 Å². The molecule has 5 nitrogen and oxygen atoms in total. The summed E-state index contributed by atoms with van der Waals surface area (Å²) < 4.78 is 38.7. The van der Waals surface area contributed by atoms with Crippen LogP contribution in [0.4, 0.5) is 0 Å². The van der Waals surface area contributed by atoms with Crippen molar-refractivity contribution in [3.63, 3.8) is 0 Å². The van der Waals surface area contributed by atoms with Crippen LogP contribution in [0.1, 0.15) is 30.0 Å². The molecule has 1 saturated heterocycles. The van der Waals surface area contributed by atoms with Crippen LogP contribution in [0.25, 0.3) is 0 Å². The van der Waals surface area contributed by atoms with E-state index in [9.17, 15) is 8.42 Å². The summed E-state index contributed by atoms with van der Waals surface area (Å²) in [5.41, 5.74) is 1.98. The summed E-state index contributed by atoms with van der Waals surface area (Å²) in [6.45, 7) is 1.17. The lowest BCUT2D eigenvalue weighted by Crippen LogP contribution is -2.30. The molecule has 0 aliphatic carbocycles. The first kappa shape index (κ1) is 16.4. The first-order valence-electron chi connectivity index (χ1n) is 8.51. The van der Waals surface area contributed by atoms with Crippen molar-refractivity contribution in [1.29, 1.82) is 0 Å². The molecule has 132 valence electrons. The van der Waals surface area contributed by atoms with Gasteiger partial charge >= 0.3 is 0 Å². The molecule has 0 saturated carbocycles.